The second-order valence-corrected chi connectivity index (χ2v) is 3.44. The first-order chi connectivity index (χ1) is 8.13. The van der Waals surface area contributed by atoms with Crippen molar-refractivity contribution in [1.29, 1.82) is 0 Å². The Morgan fingerprint density at radius 1 is 1.47 bits per heavy atom. The second kappa shape index (κ2) is 6.15. The van der Waals surface area contributed by atoms with Crippen molar-refractivity contribution in [2.45, 2.75) is 25.9 Å². The highest BCUT2D eigenvalue weighted by molar-refractivity contribution is 5.99. The van der Waals surface area contributed by atoms with Gasteiger partial charge in [-0.1, -0.05) is 13.3 Å². The molecule has 0 saturated heterocycles. The summed E-state index contributed by atoms with van der Waals surface area (Å²) in [5.41, 5.74) is 0.0225. The van der Waals surface area contributed by atoms with Gasteiger partial charge in [0, 0.05) is 0 Å². The summed E-state index contributed by atoms with van der Waals surface area (Å²) in [4.78, 5) is 19.7. The molecule has 0 bridgehead atoms. The Morgan fingerprint density at radius 2 is 2.18 bits per heavy atom. The van der Waals surface area contributed by atoms with Crippen molar-refractivity contribution < 1.29 is 19.4 Å². The molecule has 1 unspecified atom stereocenters. The maximum Gasteiger partial charge on any atom is 0.246 e. The Bertz CT molecular complexity index is 395. The van der Waals surface area contributed by atoms with E-state index >= 15 is 0 Å². The summed E-state index contributed by atoms with van der Waals surface area (Å²) in [6.07, 6.45) is 1.33. The molecule has 0 saturated carbocycles. The number of nitrogens with zero attached hydrogens (tertiary/aromatic N) is 2. The van der Waals surface area contributed by atoms with Gasteiger partial charge >= 0.3 is 0 Å². The third kappa shape index (κ3) is 3.13. The van der Waals surface area contributed by atoms with E-state index in [4.69, 9.17) is 9.47 Å². The number of methoxy groups -OCH3 is 2. The molecule has 1 rings (SSSR count). The number of aliphatic hydroxyl groups is 1. The van der Waals surface area contributed by atoms with E-state index in [1.54, 1.807) is 0 Å². The van der Waals surface area contributed by atoms with Gasteiger partial charge < -0.3 is 14.6 Å². The van der Waals surface area contributed by atoms with Crippen LogP contribution >= 0.6 is 0 Å². The zero-order chi connectivity index (χ0) is 12.8. The molecule has 1 atom stereocenters. The van der Waals surface area contributed by atoms with E-state index in [9.17, 15) is 9.90 Å². The van der Waals surface area contributed by atoms with Crippen molar-refractivity contribution in [1.82, 2.24) is 9.97 Å². The quantitative estimate of drug-likeness (QED) is 0.742. The summed E-state index contributed by atoms with van der Waals surface area (Å²) in [6.45, 7) is 1.88. The largest absolute Gasteiger partial charge is 0.480 e. The first-order valence-electron chi connectivity index (χ1n) is 5.31. The molecule has 1 N–H and O–H groups in total. The number of rotatable bonds is 6. The molecule has 94 valence electrons. The molecular formula is C11H16N2O4. The van der Waals surface area contributed by atoms with Crippen LogP contribution in [0.3, 0.4) is 0 Å². The molecule has 1 aromatic heterocycles. The molecule has 0 spiro atoms. The molecule has 1 heterocycles. The van der Waals surface area contributed by atoms with Gasteiger partial charge in [-0.15, -0.1) is 0 Å². The summed E-state index contributed by atoms with van der Waals surface area (Å²) < 4.78 is 9.82. The molecule has 0 aliphatic carbocycles. The third-order valence-corrected chi connectivity index (χ3v) is 2.22. The summed E-state index contributed by atoms with van der Waals surface area (Å²) in [5, 5.41) is 9.61. The molecule has 0 amide bonds. The number of hydrogen-bond acceptors (Lipinski definition) is 6. The lowest BCUT2D eigenvalue weighted by Gasteiger charge is -2.10. The lowest BCUT2D eigenvalue weighted by Crippen LogP contribution is -2.22. The van der Waals surface area contributed by atoms with Crippen LogP contribution in [0.1, 0.15) is 30.3 Å². The van der Waals surface area contributed by atoms with Crippen molar-refractivity contribution >= 4 is 5.78 Å². The van der Waals surface area contributed by atoms with E-state index in [2.05, 4.69) is 9.97 Å². The minimum Gasteiger partial charge on any atom is -0.480 e. The average Bonchev–Trinajstić information content (AvgIpc) is 2.37. The maximum atomic E-state index is 11.8. The molecule has 0 aromatic carbocycles. The van der Waals surface area contributed by atoms with E-state index in [1.807, 2.05) is 6.92 Å². The smallest absolute Gasteiger partial charge is 0.246 e. The summed E-state index contributed by atoms with van der Waals surface area (Å²) in [5.74, 6) is -0.174. The SMILES string of the molecule is CCCC(O)C(=O)c1ncc(OC)nc1OC. The fraction of sp³-hybridized carbons (Fsp3) is 0.545. The van der Waals surface area contributed by atoms with Crippen LogP contribution in [-0.2, 0) is 0 Å². The fourth-order valence-electron chi connectivity index (χ4n) is 1.33. The first kappa shape index (κ1) is 13.4. The van der Waals surface area contributed by atoms with E-state index in [0.717, 1.165) is 0 Å². The molecular weight excluding hydrogens is 224 g/mol. The highest BCUT2D eigenvalue weighted by atomic mass is 16.5. The van der Waals surface area contributed by atoms with Crippen molar-refractivity contribution in [3.8, 4) is 11.8 Å². The van der Waals surface area contributed by atoms with Crippen LogP contribution < -0.4 is 9.47 Å². The lowest BCUT2D eigenvalue weighted by molar-refractivity contribution is 0.0719. The Labute approximate surface area is 99.6 Å². The maximum absolute atomic E-state index is 11.8. The number of aliphatic hydroxyl groups excluding tert-OH is 1. The zero-order valence-corrected chi connectivity index (χ0v) is 10.1. The van der Waals surface area contributed by atoms with Crippen LogP contribution in [-0.4, -0.2) is 41.2 Å². The number of carbonyl (C=O) groups excluding carboxylic acids is 1. The Balaban J connectivity index is 3.00. The van der Waals surface area contributed by atoms with Gasteiger partial charge in [-0.2, -0.15) is 4.98 Å². The van der Waals surface area contributed by atoms with Gasteiger partial charge in [-0.3, -0.25) is 4.79 Å². The minimum absolute atomic E-state index is 0.0225. The number of hydrogen-bond donors (Lipinski definition) is 1. The summed E-state index contributed by atoms with van der Waals surface area (Å²) in [7, 11) is 2.82. The number of ketones is 1. The van der Waals surface area contributed by atoms with E-state index in [0.29, 0.717) is 12.8 Å². The van der Waals surface area contributed by atoms with E-state index in [-0.39, 0.29) is 17.5 Å². The topological polar surface area (TPSA) is 81.5 Å². The first-order valence-corrected chi connectivity index (χ1v) is 5.31. The molecule has 17 heavy (non-hydrogen) atoms. The van der Waals surface area contributed by atoms with Crippen LogP contribution in [0.5, 0.6) is 11.8 Å². The molecule has 0 fully saturated rings. The average molecular weight is 240 g/mol. The van der Waals surface area contributed by atoms with Gasteiger partial charge in [0.2, 0.25) is 17.5 Å². The lowest BCUT2D eigenvalue weighted by atomic mass is 10.1. The normalized spacial score (nSPS) is 12.0. The van der Waals surface area contributed by atoms with Crippen LogP contribution in [0.15, 0.2) is 6.20 Å². The molecule has 6 nitrogen and oxygen atoms in total. The fourth-order valence-corrected chi connectivity index (χ4v) is 1.33. The van der Waals surface area contributed by atoms with Crippen LogP contribution in [0.25, 0.3) is 0 Å². The Kier molecular flexibility index (Phi) is 4.84. The van der Waals surface area contributed by atoms with Crippen molar-refractivity contribution in [3.05, 3.63) is 11.9 Å². The minimum atomic E-state index is -1.07. The predicted molar refractivity (Wildman–Crippen MR) is 60.4 cm³/mol. The third-order valence-electron chi connectivity index (χ3n) is 2.22. The molecule has 1 aromatic rings. The monoisotopic (exact) mass is 240 g/mol. The summed E-state index contributed by atoms with van der Waals surface area (Å²) >= 11 is 0. The van der Waals surface area contributed by atoms with Gasteiger partial charge in [0.15, 0.2) is 5.69 Å². The summed E-state index contributed by atoms with van der Waals surface area (Å²) in [6, 6.07) is 0. The molecule has 0 aliphatic rings. The van der Waals surface area contributed by atoms with Crippen molar-refractivity contribution in [3.63, 3.8) is 0 Å². The number of carbonyl (C=O) groups is 1. The van der Waals surface area contributed by atoms with Gasteiger partial charge in [0.1, 0.15) is 6.10 Å². The predicted octanol–water partition coefficient (Wildman–Crippen LogP) is 0.837. The number of aromatic nitrogens is 2. The van der Waals surface area contributed by atoms with Crippen LogP contribution in [0.4, 0.5) is 0 Å². The van der Waals surface area contributed by atoms with Crippen LogP contribution in [0.2, 0.25) is 0 Å². The molecule has 0 aliphatic heterocycles. The van der Waals surface area contributed by atoms with Crippen molar-refractivity contribution in [2.75, 3.05) is 14.2 Å². The van der Waals surface area contributed by atoms with E-state index in [1.165, 1.54) is 20.4 Å². The zero-order valence-electron chi connectivity index (χ0n) is 10.1. The molecule has 6 heteroatoms. The highest BCUT2D eigenvalue weighted by Crippen LogP contribution is 2.19. The Morgan fingerprint density at radius 3 is 2.71 bits per heavy atom. The highest BCUT2D eigenvalue weighted by Gasteiger charge is 2.23. The van der Waals surface area contributed by atoms with Gasteiger partial charge in [-0.25, -0.2) is 4.98 Å². The second-order valence-electron chi connectivity index (χ2n) is 3.44. The van der Waals surface area contributed by atoms with E-state index < -0.39 is 11.9 Å². The van der Waals surface area contributed by atoms with Gasteiger partial charge in [0.05, 0.1) is 20.4 Å². The molecule has 0 radical (unpaired) electrons. The van der Waals surface area contributed by atoms with Gasteiger partial charge in [-0.05, 0) is 6.42 Å². The number of ether oxygens (including phenoxy) is 2. The number of Topliss-reactive ketones (excluding diaryl/α,β-unsaturated/α-hetero) is 1. The standard InChI is InChI=1S/C11H16N2O4/c1-4-5-7(14)10(15)9-11(17-3)13-8(16-2)6-12-9/h6-7,14H,4-5H2,1-3H3. The Hall–Kier alpha value is -1.69. The van der Waals surface area contributed by atoms with Crippen LogP contribution in [0, 0.1) is 0 Å². The van der Waals surface area contributed by atoms with Crippen molar-refractivity contribution in [2.24, 2.45) is 0 Å². The van der Waals surface area contributed by atoms with Gasteiger partial charge in [0.25, 0.3) is 0 Å².